The third-order valence-corrected chi connectivity index (χ3v) is 1.81. The summed E-state index contributed by atoms with van der Waals surface area (Å²) in [6.45, 7) is 0. The summed E-state index contributed by atoms with van der Waals surface area (Å²) in [7, 11) is 0. The molecule has 0 aliphatic rings. The molecule has 0 saturated heterocycles. The lowest BCUT2D eigenvalue weighted by Gasteiger charge is -2.05. The lowest BCUT2D eigenvalue weighted by Crippen LogP contribution is -2.34. The molecular weight excluding hydrogens is 206 g/mol. The van der Waals surface area contributed by atoms with E-state index < -0.39 is 17.3 Å². The van der Waals surface area contributed by atoms with Crippen LogP contribution in [0.15, 0.2) is 30.3 Å². The number of amides is 1. The van der Waals surface area contributed by atoms with E-state index in [0.717, 1.165) is 0 Å². The fourth-order valence-electron chi connectivity index (χ4n) is 0.773. The van der Waals surface area contributed by atoms with Crippen LogP contribution in [0.5, 0.6) is 5.75 Å². The van der Waals surface area contributed by atoms with E-state index in [9.17, 15) is 9.59 Å². The number of hydrogen-bond acceptors (Lipinski definition) is 3. The Labute approximate surface area is 85.6 Å². The minimum atomic E-state index is -1.45. The molecule has 0 heterocycles. The highest BCUT2D eigenvalue weighted by Gasteiger charge is 2.23. The van der Waals surface area contributed by atoms with E-state index in [4.69, 9.17) is 22.1 Å². The summed E-state index contributed by atoms with van der Waals surface area (Å²) >= 11 is 5.37. The van der Waals surface area contributed by atoms with E-state index in [1.54, 1.807) is 30.3 Å². The van der Waals surface area contributed by atoms with E-state index in [2.05, 4.69) is 0 Å². The van der Waals surface area contributed by atoms with Gasteiger partial charge in [-0.25, -0.2) is 4.79 Å². The van der Waals surface area contributed by atoms with E-state index >= 15 is 0 Å². The van der Waals surface area contributed by atoms with Crippen molar-refractivity contribution < 1.29 is 14.3 Å². The van der Waals surface area contributed by atoms with E-state index in [0.29, 0.717) is 5.75 Å². The maximum Gasteiger partial charge on any atom is 0.339 e. The minimum Gasteiger partial charge on any atom is -0.425 e. The highest BCUT2D eigenvalue weighted by molar-refractivity contribution is 6.40. The van der Waals surface area contributed by atoms with Crippen LogP contribution in [0.2, 0.25) is 0 Å². The Kier molecular flexibility index (Phi) is 3.48. The second kappa shape index (κ2) is 4.62. The number of para-hydroxylation sites is 1. The van der Waals surface area contributed by atoms with Crippen molar-refractivity contribution in [1.29, 1.82) is 0 Å². The van der Waals surface area contributed by atoms with Crippen LogP contribution in [-0.2, 0) is 9.59 Å². The summed E-state index contributed by atoms with van der Waals surface area (Å²) in [6.07, 6.45) is 0. The predicted octanol–water partition coefficient (Wildman–Crippen LogP) is 0.685. The van der Waals surface area contributed by atoms with Crippen LogP contribution in [0.1, 0.15) is 0 Å². The summed E-state index contributed by atoms with van der Waals surface area (Å²) in [4.78, 5) is 21.6. The zero-order chi connectivity index (χ0) is 10.6. The molecule has 0 aliphatic carbocycles. The Balaban J connectivity index is 2.62. The number of carbonyl (C=O) groups is 2. The van der Waals surface area contributed by atoms with Crippen LogP contribution in [0.25, 0.3) is 0 Å². The van der Waals surface area contributed by atoms with Crippen LogP contribution in [0.4, 0.5) is 0 Å². The van der Waals surface area contributed by atoms with Gasteiger partial charge in [0.25, 0.3) is 0 Å². The molecule has 1 unspecified atom stereocenters. The summed E-state index contributed by atoms with van der Waals surface area (Å²) in [5, 5.41) is -1.45. The van der Waals surface area contributed by atoms with Crippen molar-refractivity contribution in [3.63, 3.8) is 0 Å². The zero-order valence-corrected chi connectivity index (χ0v) is 7.90. The summed E-state index contributed by atoms with van der Waals surface area (Å²) in [6, 6.07) is 8.29. The lowest BCUT2D eigenvalue weighted by molar-refractivity contribution is -0.137. The summed E-state index contributed by atoms with van der Waals surface area (Å²) in [5.41, 5.74) is 4.82. The van der Waals surface area contributed by atoms with Crippen LogP contribution >= 0.6 is 11.6 Å². The number of carbonyl (C=O) groups excluding carboxylic acids is 2. The minimum absolute atomic E-state index is 0.324. The van der Waals surface area contributed by atoms with Gasteiger partial charge in [0.05, 0.1) is 0 Å². The predicted molar refractivity (Wildman–Crippen MR) is 50.9 cm³/mol. The molecule has 4 nitrogen and oxygen atoms in total. The average molecular weight is 214 g/mol. The number of hydrogen-bond donors (Lipinski definition) is 1. The molecule has 74 valence electrons. The topological polar surface area (TPSA) is 69.4 Å². The highest BCUT2D eigenvalue weighted by atomic mass is 35.5. The van der Waals surface area contributed by atoms with Gasteiger partial charge >= 0.3 is 5.97 Å². The van der Waals surface area contributed by atoms with Gasteiger partial charge in [0.1, 0.15) is 5.75 Å². The van der Waals surface area contributed by atoms with Crippen LogP contribution in [0, 0.1) is 0 Å². The molecule has 2 N–H and O–H groups in total. The molecule has 0 saturated carbocycles. The monoisotopic (exact) mass is 213 g/mol. The Bertz CT molecular complexity index is 339. The van der Waals surface area contributed by atoms with E-state index in [-0.39, 0.29) is 0 Å². The zero-order valence-electron chi connectivity index (χ0n) is 7.14. The smallest absolute Gasteiger partial charge is 0.339 e. The number of benzene rings is 1. The molecule has 1 aromatic rings. The van der Waals surface area contributed by atoms with Gasteiger partial charge in [0.15, 0.2) is 0 Å². The number of ether oxygens (including phenoxy) is 1. The summed E-state index contributed by atoms with van der Waals surface area (Å²) < 4.78 is 4.77. The fourth-order valence-corrected chi connectivity index (χ4v) is 0.817. The highest BCUT2D eigenvalue weighted by Crippen LogP contribution is 2.10. The Morgan fingerprint density at radius 1 is 1.29 bits per heavy atom. The fraction of sp³-hybridized carbons (Fsp3) is 0.111. The number of rotatable bonds is 3. The van der Waals surface area contributed by atoms with E-state index in [1.165, 1.54) is 0 Å². The molecular formula is C9H8ClNO3. The molecule has 14 heavy (non-hydrogen) atoms. The first-order valence-corrected chi connectivity index (χ1v) is 4.25. The Morgan fingerprint density at radius 2 is 1.86 bits per heavy atom. The lowest BCUT2D eigenvalue weighted by atomic mass is 10.3. The maximum atomic E-state index is 11.1. The van der Waals surface area contributed by atoms with Gasteiger partial charge in [-0.05, 0) is 12.1 Å². The molecule has 1 atom stereocenters. The largest absolute Gasteiger partial charge is 0.425 e. The number of halogens is 1. The van der Waals surface area contributed by atoms with Gasteiger partial charge in [-0.2, -0.15) is 0 Å². The molecule has 0 spiro atoms. The standard InChI is InChI=1S/C9H8ClNO3/c10-7(8(11)12)9(13)14-6-4-2-1-3-5-6/h1-5,7H,(H2,11,12). The van der Waals surface area contributed by atoms with Crippen molar-refractivity contribution in [1.82, 2.24) is 0 Å². The van der Waals surface area contributed by atoms with E-state index in [1.807, 2.05) is 0 Å². The molecule has 0 radical (unpaired) electrons. The van der Waals surface area contributed by atoms with Gasteiger partial charge in [0, 0.05) is 0 Å². The van der Waals surface area contributed by atoms with Crippen LogP contribution in [0.3, 0.4) is 0 Å². The van der Waals surface area contributed by atoms with Crippen molar-refractivity contribution in [3.8, 4) is 5.75 Å². The number of nitrogens with two attached hydrogens (primary N) is 1. The van der Waals surface area contributed by atoms with Crippen molar-refractivity contribution in [2.75, 3.05) is 0 Å². The second-order valence-electron chi connectivity index (χ2n) is 2.50. The SMILES string of the molecule is NC(=O)C(Cl)C(=O)Oc1ccccc1. The second-order valence-corrected chi connectivity index (χ2v) is 2.94. The third kappa shape index (κ3) is 2.74. The normalized spacial score (nSPS) is 11.8. The first kappa shape index (κ1) is 10.5. The number of esters is 1. The summed E-state index contributed by atoms with van der Waals surface area (Å²) in [5.74, 6) is -1.47. The molecule has 0 bridgehead atoms. The number of primary amides is 1. The van der Waals surface area contributed by atoms with Gasteiger partial charge in [-0.1, -0.05) is 29.8 Å². The van der Waals surface area contributed by atoms with Crippen LogP contribution < -0.4 is 10.5 Å². The molecule has 0 fully saturated rings. The molecule has 0 aliphatic heterocycles. The van der Waals surface area contributed by atoms with Gasteiger partial charge in [-0.15, -0.1) is 0 Å². The quantitative estimate of drug-likeness (QED) is 0.348. The molecule has 0 aromatic heterocycles. The number of alkyl halides is 1. The van der Waals surface area contributed by atoms with Gasteiger partial charge < -0.3 is 10.5 Å². The van der Waals surface area contributed by atoms with Crippen molar-refractivity contribution in [2.24, 2.45) is 5.73 Å². The third-order valence-electron chi connectivity index (χ3n) is 1.42. The van der Waals surface area contributed by atoms with Crippen molar-refractivity contribution in [3.05, 3.63) is 30.3 Å². The molecule has 1 aromatic carbocycles. The first-order valence-electron chi connectivity index (χ1n) is 3.81. The maximum absolute atomic E-state index is 11.1. The first-order chi connectivity index (χ1) is 6.61. The molecule has 1 amide bonds. The molecule has 5 heteroatoms. The Hall–Kier alpha value is -1.55. The van der Waals surface area contributed by atoms with Crippen LogP contribution in [-0.4, -0.2) is 17.3 Å². The van der Waals surface area contributed by atoms with Crippen molar-refractivity contribution in [2.45, 2.75) is 5.38 Å². The molecule has 1 rings (SSSR count). The van der Waals surface area contributed by atoms with Gasteiger partial charge in [0.2, 0.25) is 11.3 Å². The Morgan fingerprint density at radius 3 is 2.36 bits per heavy atom. The van der Waals surface area contributed by atoms with Crippen molar-refractivity contribution >= 4 is 23.5 Å². The van der Waals surface area contributed by atoms with Gasteiger partial charge in [-0.3, -0.25) is 4.79 Å². The average Bonchev–Trinajstić information content (AvgIpc) is 2.18.